The number of aromatic hydroxyl groups is 2. The van der Waals surface area contributed by atoms with E-state index >= 15 is 0 Å². The number of amides is 10. The Kier molecular flexibility index (Phi) is 25.4. The number of rotatable bonds is 18. The van der Waals surface area contributed by atoms with Crippen LogP contribution in [0.2, 0.25) is 0 Å². The summed E-state index contributed by atoms with van der Waals surface area (Å²) in [6, 6.07) is 16.0. The number of fused-ring (bicyclic) bond motifs is 2. The molecule has 2 aliphatic rings. The first-order chi connectivity index (χ1) is 43.7. The molecule has 7 rings (SSSR count). The van der Waals surface area contributed by atoms with Gasteiger partial charge >= 0.3 is 5.97 Å². The van der Waals surface area contributed by atoms with Gasteiger partial charge in [0, 0.05) is 56.4 Å². The fraction of sp³-hybridized carbons (Fsp3) is 0.431. The van der Waals surface area contributed by atoms with Gasteiger partial charge in [-0.1, -0.05) is 99.0 Å². The van der Waals surface area contributed by atoms with Gasteiger partial charge in [-0.2, -0.15) is 0 Å². The Bertz CT molecular complexity index is 3360. The van der Waals surface area contributed by atoms with E-state index in [0.717, 1.165) is 21.7 Å². The predicted molar refractivity (Wildman–Crippen MR) is 334 cm³/mol. The van der Waals surface area contributed by atoms with Crippen LogP contribution in [-0.2, 0) is 78.4 Å². The van der Waals surface area contributed by atoms with E-state index in [1.807, 2.05) is 19.1 Å². The van der Waals surface area contributed by atoms with Crippen LogP contribution in [0.4, 0.5) is 0 Å². The molecule has 0 unspecified atom stereocenters. The van der Waals surface area contributed by atoms with E-state index in [2.05, 4.69) is 47.5 Å². The van der Waals surface area contributed by atoms with Crippen LogP contribution < -0.4 is 48.3 Å². The van der Waals surface area contributed by atoms with Crippen molar-refractivity contribution in [3.63, 3.8) is 0 Å². The minimum Gasteiger partial charge on any atom is -0.508 e. The molecular weight excluding hydrogens is 1170 g/mol. The quantitative estimate of drug-likeness (QED) is 0.0545. The van der Waals surface area contributed by atoms with Gasteiger partial charge < -0.3 is 78.4 Å². The summed E-state index contributed by atoms with van der Waals surface area (Å²) < 4.78 is 0. The van der Waals surface area contributed by atoms with E-state index < -0.39 is 133 Å². The number of carboxylic acid groups (broad SMARTS) is 1. The van der Waals surface area contributed by atoms with Crippen LogP contribution in [0.3, 0.4) is 0 Å². The molecule has 0 aliphatic carbocycles. The molecule has 3 heterocycles. The highest BCUT2D eigenvalue weighted by Crippen LogP contribution is 2.23. The SMILES string of the molecule is CCCCC[C@@H]1NC(=O)[C@H](Cc2ccc(O)cc2)NC(=O)[C@H](Cc2ccccc2)N(C)C(=O)CNC(=O)[C@H](CCCCN)NC(=O)[C@H]2CCCN2C(=O)[C@H](CC(=O)O)NC(=O)[C@H](Cc2ccc(O)cc2)NC(=O)CNC(=O)[C@H](Cc2c[nH]c3ccccc23)NC1=O. The van der Waals surface area contributed by atoms with Gasteiger partial charge in [-0.25, -0.2) is 0 Å². The summed E-state index contributed by atoms with van der Waals surface area (Å²) in [5.74, 6) is -10.2. The van der Waals surface area contributed by atoms with Gasteiger partial charge in [-0.15, -0.1) is 0 Å². The fourth-order valence-electron chi connectivity index (χ4n) is 11.1. The second-order valence-corrected chi connectivity index (χ2v) is 22.9. The average Bonchev–Trinajstić information content (AvgIpc) is 1.97. The lowest BCUT2D eigenvalue weighted by Crippen LogP contribution is -2.60. The number of hydrogen-bond acceptors (Lipinski definition) is 14. The van der Waals surface area contributed by atoms with Crippen molar-refractivity contribution in [1.82, 2.24) is 57.3 Å². The molecular formula is C65H82N12O14. The number of aromatic amines is 1. The second kappa shape index (κ2) is 33.7. The molecule has 0 spiro atoms. The van der Waals surface area contributed by atoms with Crippen molar-refractivity contribution < 1.29 is 68.1 Å². The zero-order chi connectivity index (χ0) is 65.6. The monoisotopic (exact) mass is 1250 g/mol. The topological polar surface area (TPSA) is 393 Å². The van der Waals surface area contributed by atoms with Crippen LogP contribution in [0, 0.1) is 0 Å². The summed E-state index contributed by atoms with van der Waals surface area (Å²) in [7, 11) is 1.35. The maximum atomic E-state index is 14.9. The van der Waals surface area contributed by atoms with E-state index in [-0.39, 0.29) is 76.0 Å². The van der Waals surface area contributed by atoms with E-state index in [1.54, 1.807) is 60.8 Å². The predicted octanol–water partition coefficient (Wildman–Crippen LogP) is 1.01. The number of H-pyrrole nitrogens is 1. The largest absolute Gasteiger partial charge is 0.508 e. The van der Waals surface area contributed by atoms with Crippen LogP contribution in [-0.4, -0.2) is 177 Å². The number of nitrogens with two attached hydrogens (primary N) is 1. The number of aromatic nitrogens is 1. The zero-order valence-corrected chi connectivity index (χ0v) is 51.0. The van der Waals surface area contributed by atoms with Crippen molar-refractivity contribution in [2.75, 3.05) is 33.2 Å². The maximum Gasteiger partial charge on any atom is 0.305 e. The molecule has 486 valence electrons. The molecule has 1 aromatic heterocycles. The van der Waals surface area contributed by atoms with E-state index in [1.165, 1.54) is 43.4 Å². The molecule has 4 aromatic carbocycles. The zero-order valence-electron chi connectivity index (χ0n) is 51.0. The van der Waals surface area contributed by atoms with Gasteiger partial charge in [0.25, 0.3) is 0 Å². The number of unbranched alkanes of at least 4 members (excludes halogenated alkanes) is 3. The van der Waals surface area contributed by atoms with Gasteiger partial charge in [-0.3, -0.25) is 52.7 Å². The number of benzene rings is 4. The summed E-state index contributed by atoms with van der Waals surface area (Å²) in [5, 5.41) is 52.4. The van der Waals surface area contributed by atoms with Gasteiger partial charge in [0.2, 0.25) is 59.1 Å². The molecule has 0 bridgehead atoms. The maximum absolute atomic E-state index is 14.9. The number of hydrogen-bond donors (Lipinski definition) is 13. The number of carbonyl (C=O) groups is 11. The smallest absolute Gasteiger partial charge is 0.305 e. The molecule has 2 saturated heterocycles. The molecule has 0 radical (unpaired) electrons. The Morgan fingerprint density at radius 1 is 0.549 bits per heavy atom. The third kappa shape index (κ3) is 20.1. The Morgan fingerprint density at radius 2 is 1.07 bits per heavy atom. The summed E-state index contributed by atoms with van der Waals surface area (Å²) in [6.45, 7) is 0.670. The molecule has 91 heavy (non-hydrogen) atoms. The minimum atomic E-state index is -1.80. The highest BCUT2D eigenvalue weighted by atomic mass is 16.4. The average molecular weight is 1260 g/mol. The summed E-state index contributed by atoms with van der Waals surface area (Å²) in [4.78, 5) is 163. The van der Waals surface area contributed by atoms with Gasteiger partial charge in [0.1, 0.15) is 59.8 Å². The second-order valence-electron chi connectivity index (χ2n) is 22.9. The van der Waals surface area contributed by atoms with Crippen molar-refractivity contribution >= 4 is 75.9 Å². The highest BCUT2D eigenvalue weighted by Gasteiger charge is 2.41. The third-order valence-electron chi connectivity index (χ3n) is 16.2. The summed E-state index contributed by atoms with van der Waals surface area (Å²) in [6.07, 6.45) is 3.03. The Balaban J connectivity index is 1.27. The molecule has 5 aromatic rings. The minimum absolute atomic E-state index is 0.0330. The lowest BCUT2D eigenvalue weighted by molar-refractivity contribution is -0.146. The van der Waals surface area contributed by atoms with Crippen molar-refractivity contribution in [2.24, 2.45) is 5.73 Å². The van der Waals surface area contributed by atoms with Crippen LogP contribution in [0.1, 0.15) is 93.4 Å². The number of carbonyl (C=O) groups excluding carboxylic acids is 10. The summed E-state index contributed by atoms with van der Waals surface area (Å²) in [5.41, 5.74) is 8.62. The molecule has 26 heteroatoms. The van der Waals surface area contributed by atoms with E-state index in [9.17, 15) is 68.1 Å². The van der Waals surface area contributed by atoms with Crippen molar-refractivity contribution in [3.8, 4) is 11.5 Å². The Hall–Kier alpha value is -9.85. The number of carboxylic acids is 1. The standard InChI is InChI=1S/C65H82N12O14/c1-3-4-6-18-48-60(86)73-51(34-42-36-67-46-17-10-9-16-45(42)46)59(85)68-37-55(80)70-49(31-40-21-25-43(78)26-22-40)61(87)75-52(35-57(82)83)65(91)77-30-13-20-53(77)63(89)72-47(19-11-12-29-66)58(84)69-38-56(81)76(2)54(33-39-14-7-5-8-15-39)64(90)74-50(62(88)71-48)32-41-23-27-44(79)28-24-41/h5,7-10,14-17,21-28,36,47-54,67,78-79H,3-4,6,11-13,18-20,29-35,37-38,66H2,1-2H3,(H,68,85)(H,69,84)(H,70,80)(H,71,88)(H,72,89)(H,73,86)(H,74,90)(H,75,87)(H,82,83)/t47-,48-,49-,50-,51-,52-,53+,54-/m0/s1. The first-order valence-corrected chi connectivity index (χ1v) is 30.7. The molecule has 26 nitrogen and oxygen atoms in total. The third-order valence-corrected chi connectivity index (χ3v) is 16.2. The van der Waals surface area contributed by atoms with Crippen LogP contribution in [0.5, 0.6) is 11.5 Å². The normalized spacial score (nSPS) is 22.5. The number of aliphatic carboxylic acids is 1. The first kappa shape index (κ1) is 68.6. The van der Waals surface area contributed by atoms with E-state index in [0.29, 0.717) is 53.3 Å². The lowest BCUT2D eigenvalue weighted by atomic mass is 10.00. The lowest BCUT2D eigenvalue weighted by Gasteiger charge is -2.31. The van der Waals surface area contributed by atoms with Crippen LogP contribution in [0.15, 0.2) is 109 Å². The first-order valence-electron chi connectivity index (χ1n) is 30.7. The molecule has 2 aliphatic heterocycles. The molecule has 10 amide bonds. The molecule has 8 atom stereocenters. The van der Waals surface area contributed by atoms with Gasteiger partial charge in [-0.05, 0) is 97.7 Å². The molecule has 2 fully saturated rings. The molecule has 14 N–H and O–H groups in total. The van der Waals surface area contributed by atoms with E-state index in [4.69, 9.17) is 5.73 Å². The summed E-state index contributed by atoms with van der Waals surface area (Å²) >= 11 is 0. The number of nitrogens with one attached hydrogen (secondary N) is 9. The van der Waals surface area contributed by atoms with Gasteiger partial charge in [0.05, 0.1) is 19.5 Å². The van der Waals surface area contributed by atoms with Gasteiger partial charge in [0.15, 0.2) is 0 Å². The Labute approximate surface area is 526 Å². The number of likely N-dealkylation sites (N-methyl/N-ethyl adjacent to an activating group) is 1. The van der Waals surface area contributed by atoms with Crippen molar-refractivity contribution in [3.05, 3.63) is 132 Å². The number of phenols is 2. The number of para-hydroxylation sites is 1. The van der Waals surface area contributed by atoms with Crippen molar-refractivity contribution in [1.29, 1.82) is 0 Å². The highest BCUT2D eigenvalue weighted by molar-refractivity contribution is 6.00. The number of phenolic OH excluding ortho intramolecular Hbond substituents is 2. The van der Waals surface area contributed by atoms with Crippen LogP contribution >= 0.6 is 0 Å². The van der Waals surface area contributed by atoms with Crippen LogP contribution in [0.25, 0.3) is 10.9 Å². The number of nitrogens with zero attached hydrogens (tertiary/aromatic N) is 2. The molecule has 0 saturated carbocycles. The van der Waals surface area contributed by atoms with Crippen molar-refractivity contribution in [2.45, 2.75) is 145 Å². The Morgan fingerprint density at radius 3 is 1.70 bits per heavy atom. The fourth-order valence-corrected chi connectivity index (χ4v) is 11.1.